The Balaban J connectivity index is 1.33. The Labute approximate surface area is 208 Å². The number of fused-ring (bicyclic) bond motifs is 4. The highest BCUT2D eigenvalue weighted by atomic mass is 32.1. The number of hydrogen-bond donors (Lipinski definition) is 0. The van der Waals surface area contributed by atoms with E-state index in [2.05, 4.69) is 24.3 Å². The first-order valence-corrected chi connectivity index (χ1v) is 13.6. The monoisotopic (exact) mass is 520 g/mol. The van der Waals surface area contributed by atoms with Gasteiger partial charge in [-0.1, -0.05) is 0 Å². The van der Waals surface area contributed by atoms with Crippen molar-refractivity contribution in [2.24, 2.45) is 0 Å². The minimum atomic E-state index is -0.249. The molecule has 0 N–H and O–H groups in total. The van der Waals surface area contributed by atoms with Crippen LogP contribution in [0.1, 0.15) is 41.4 Å². The lowest BCUT2D eigenvalue weighted by Gasteiger charge is -2.04. The summed E-state index contributed by atoms with van der Waals surface area (Å²) in [5.74, 6) is -0.992. The summed E-state index contributed by atoms with van der Waals surface area (Å²) in [6.45, 7) is 0. The van der Waals surface area contributed by atoms with Crippen LogP contribution < -0.4 is 0 Å². The van der Waals surface area contributed by atoms with Gasteiger partial charge in [-0.3, -0.25) is 29.0 Å². The average molecular weight is 521 g/mol. The van der Waals surface area contributed by atoms with Crippen molar-refractivity contribution in [2.75, 3.05) is 14.1 Å². The first-order valence-electron chi connectivity index (χ1n) is 10.2. The third-order valence-corrected chi connectivity index (χ3v) is 10.8. The molecule has 6 heterocycles. The lowest BCUT2D eigenvalue weighted by Crippen LogP contribution is -2.24. The van der Waals surface area contributed by atoms with E-state index in [-0.39, 0.29) is 23.6 Å². The summed E-state index contributed by atoms with van der Waals surface area (Å²) in [7, 11) is 3.03. The zero-order valence-corrected chi connectivity index (χ0v) is 20.9. The first-order chi connectivity index (χ1) is 16.3. The number of imide groups is 2. The van der Waals surface area contributed by atoms with Gasteiger partial charge in [0, 0.05) is 44.0 Å². The van der Waals surface area contributed by atoms with Crippen molar-refractivity contribution in [2.45, 2.75) is 0 Å². The molecule has 0 aliphatic carbocycles. The Morgan fingerprint density at radius 3 is 1.41 bits per heavy atom. The highest BCUT2D eigenvalue weighted by Gasteiger charge is 2.38. The summed E-state index contributed by atoms with van der Waals surface area (Å²) in [5, 5.41) is 5.67. The molecule has 0 bridgehead atoms. The van der Waals surface area contributed by atoms with Gasteiger partial charge in [0.05, 0.1) is 32.0 Å². The molecule has 6 nitrogen and oxygen atoms in total. The predicted octanol–water partition coefficient (Wildman–Crippen LogP) is 6.02. The van der Waals surface area contributed by atoms with Crippen LogP contribution in [0.4, 0.5) is 0 Å². The first kappa shape index (κ1) is 20.2. The lowest BCUT2D eigenvalue weighted by molar-refractivity contribution is 0.0678. The van der Waals surface area contributed by atoms with E-state index < -0.39 is 0 Å². The summed E-state index contributed by atoms with van der Waals surface area (Å²) < 4.78 is 2.17. The second-order valence-corrected chi connectivity index (χ2v) is 12.1. The molecular formula is C24H12N2O4S4. The van der Waals surface area contributed by atoms with Crippen LogP contribution in [-0.4, -0.2) is 47.5 Å². The number of rotatable bonds is 2. The maximum Gasteiger partial charge on any atom is 0.262 e. The highest BCUT2D eigenvalue weighted by molar-refractivity contribution is 7.27. The van der Waals surface area contributed by atoms with Crippen molar-refractivity contribution in [1.29, 1.82) is 0 Å². The molecule has 0 atom stereocenters. The lowest BCUT2D eigenvalue weighted by atomic mass is 10.1. The summed E-state index contributed by atoms with van der Waals surface area (Å²) in [4.78, 5) is 55.7. The van der Waals surface area contributed by atoms with Gasteiger partial charge in [-0.2, -0.15) is 0 Å². The molecule has 0 unspecified atom stereocenters. The number of carbonyl (C=O) groups excluding carboxylic acids is 4. The van der Waals surface area contributed by atoms with Gasteiger partial charge < -0.3 is 0 Å². The van der Waals surface area contributed by atoms with Crippen LogP contribution in [-0.2, 0) is 0 Å². The van der Waals surface area contributed by atoms with Crippen molar-refractivity contribution in [3.8, 4) is 19.5 Å². The Morgan fingerprint density at radius 2 is 1.00 bits per heavy atom. The Morgan fingerprint density at radius 1 is 0.588 bits per heavy atom. The Bertz CT molecular complexity index is 1610. The molecule has 1 aromatic carbocycles. The number of amides is 4. The van der Waals surface area contributed by atoms with Crippen LogP contribution in [0.15, 0.2) is 35.0 Å². The van der Waals surface area contributed by atoms with E-state index in [9.17, 15) is 19.2 Å². The quantitative estimate of drug-likeness (QED) is 0.267. The normalized spacial score (nSPS) is 15.5. The van der Waals surface area contributed by atoms with Gasteiger partial charge in [0.1, 0.15) is 0 Å². The SMILES string of the molecule is CN1C(=O)c2csc(-c3cc4cc5sc(-c6scc7c6C(=O)N(C)C7=O)cc5cc4s3)c2C1=O. The number of thiophene rings is 4. The maximum atomic E-state index is 12.6. The Kier molecular flexibility index (Phi) is 3.98. The van der Waals surface area contributed by atoms with Crippen LogP contribution >= 0.6 is 45.3 Å². The highest BCUT2D eigenvalue weighted by Crippen LogP contribution is 2.46. The van der Waals surface area contributed by atoms with Crippen LogP contribution in [0.25, 0.3) is 39.7 Å². The molecule has 10 heteroatoms. The molecule has 0 radical (unpaired) electrons. The van der Waals surface area contributed by atoms with E-state index in [0.29, 0.717) is 22.3 Å². The molecule has 4 amide bonds. The fraction of sp³-hybridized carbons (Fsp3) is 0.0833. The molecule has 4 aromatic heterocycles. The number of nitrogens with zero attached hydrogens (tertiary/aromatic N) is 2. The van der Waals surface area contributed by atoms with Gasteiger partial charge in [-0.05, 0) is 35.0 Å². The van der Waals surface area contributed by atoms with E-state index in [1.54, 1.807) is 33.4 Å². The molecule has 2 aliphatic heterocycles. The van der Waals surface area contributed by atoms with Gasteiger partial charge in [0.15, 0.2) is 0 Å². The van der Waals surface area contributed by atoms with E-state index >= 15 is 0 Å². The van der Waals surface area contributed by atoms with Crippen molar-refractivity contribution in [3.63, 3.8) is 0 Å². The van der Waals surface area contributed by atoms with Crippen LogP contribution in [0.5, 0.6) is 0 Å². The van der Waals surface area contributed by atoms with Gasteiger partial charge in [-0.15, -0.1) is 45.3 Å². The summed E-state index contributed by atoms with van der Waals surface area (Å²) >= 11 is 6.06. The van der Waals surface area contributed by atoms with Crippen molar-refractivity contribution >= 4 is 89.1 Å². The molecule has 34 heavy (non-hydrogen) atoms. The van der Waals surface area contributed by atoms with Crippen LogP contribution in [0.3, 0.4) is 0 Å². The van der Waals surface area contributed by atoms with Crippen LogP contribution in [0, 0.1) is 0 Å². The molecule has 5 aromatic rings. The minimum absolute atomic E-state index is 0.247. The molecular weight excluding hydrogens is 509 g/mol. The molecule has 7 rings (SSSR count). The molecule has 0 fully saturated rings. The third-order valence-electron chi connectivity index (χ3n) is 6.29. The van der Waals surface area contributed by atoms with Crippen molar-refractivity contribution < 1.29 is 19.2 Å². The largest absolute Gasteiger partial charge is 0.277 e. The fourth-order valence-electron chi connectivity index (χ4n) is 4.50. The Hall–Kier alpha value is -3.18. The smallest absolute Gasteiger partial charge is 0.262 e. The maximum absolute atomic E-state index is 12.6. The molecule has 166 valence electrons. The molecule has 0 saturated carbocycles. The minimum Gasteiger partial charge on any atom is -0.277 e. The summed E-state index contributed by atoms with van der Waals surface area (Å²) in [6, 6.07) is 8.39. The van der Waals surface area contributed by atoms with E-state index in [0.717, 1.165) is 39.7 Å². The fourth-order valence-corrected chi connectivity index (χ4v) is 9.00. The van der Waals surface area contributed by atoms with Crippen LogP contribution in [0.2, 0.25) is 0 Å². The topological polar surface area (TPSA) is 74.8 Å². The van der Waals surface area contributed by atoms with E-state index in [1.807, 2.05) is 0 Å². The number of carbonyl (C=O) groups is 4. The summed E-state index contributed by atoms with van der Waals surface area (Å²) in [6.07, 6.45) is 0. The molecule has 0 saturated heterocycles. The number of hydrogen-bond acceptors (Lipinski definition) is 8. The molecule has 2 aliphatic rings. The average Bonchev–Trinajstić information content (AvgIpc) is 3.64. The molecule has 0 spiro atoms. The van der Waals surface area contributed by atoms with E-state index in [4.69, 9.17) is 0 Å². The zero-order valence-electron chi connectivity index (χ0n) is 17.6. The zero-order chi connectivity index (χ0) is 23.5. The van der Waals surface area contributed by atoms with Gasteiger partial charge in [0.25, 0.3) is 23.6 Å². The summed E-state index contributed by atoms with van der Waals surface area (Å²) in [5.41, 5.74) is 1.98. The van der Waals surface area contributed by atoms with Crippen molar-refractivity contribution in [3.05, 3.63) is 57.3 Å². The van der Waals surface area contributed by atoms with Crippen molar-refractivity contribution in [1.82, 2.24) is 9.80 Å². The number of benzene rings is 1. The second kappa shape index (κ2) is 6.70. The van der Waals surface area contributed by atoms with Gasteiger partial charge >= 0.3 is 0 Å². The predicted molar refractivity (Wildman–Crippen MR) is 137 cm³/mol. The second-order valence-electron chi connectivity index (χ2n) is 8.19. The van der Waals surface area contributed by atoms with E-state index in [1.165, 1.54) is 46.6 Å². The third kappa shape index (κ3) is 2.48. The van der Waals surface area contributed by atoms with Gasteiger partial charge in [0.2, 0.25) is 0 Å². The standard InChI is InChI=1S/C24H12N2O4S4/c1-25-21(27)11-7-31-19(17(11)23(25)29)15-5-9-3-14-10(4-13(9)33-15)6-16(34-14)20-18-12(8-32-20)22(28)26(2)24(18)30/h3-8H,1-2H3. The van der Waals surface area contributed by atoms with Gasteiger partial charge in [-0.25, -0.2) is 0 Å².